The first kappa shape index (κ1) is 10.7. The lowest BCUT2D eigenvalue weighted by Crippen LogP contribution is -2.25. The van der Waals surface area contributed by atoms with Gasteiger partial charge in [0.1, 0.15) is 6.10 Å². The molecule has 0 aromatic heterocycles. The normalized spacial score (nSPS) is 20.3. The molecule has 0 N–H and O–H groups in total. The van der Waals surface area contributed by atoms with Crippen LogP contribution in [0.2, 0.25) is 0 Å². The van der Waals surface area contributed by atoms with E-state index in [-0.39, 0.29) is 5.41 Å². The second kappa shape index (κ2) is 4.33. The lowest BCUT2D eigenvalue weighted by molar-refractivity contribution is 0.0818. The largest absolute Gasteiger partial charge is 0.378 e. The van der Waals surface area contributed by atoms with E-state index < -0.39 is 0 Å². The van der Waals surface area contributed by atoms with Crippen molar-refractivity contribution in [1.29, 1.82) is 0 Å². The number of hydrogen-bond donors (Lipinski definition) is 0. The summed E-state index contributed by atoms with van der Waals surface area (Å²) >= 11 is 0. The zero-order chi connectivity index (χ0) is 10.7. The van der Waals surface area contributed by atoms with Gasteiger partial charge in [-0.05, 0) is 5.56 Å². The van der Waals surface area contributed by atoms with Crippen LogP contribution in [-0.2, 0) is 14.9 Å². The van der Waals surface area contributed by atoms with E-state index in [0.717, 1.165) is 19.8 Å². The summed E-state index contributed by atoms with van der Waals surface area (Å²) < 4.78 is 10.8. The van der Waals surface area contributed by atoms with Crippen molar-refractivity contribution in [2.45, 2.75) is 25.4 Å². The van der Waals surface area contributed by atoms with Gasteiger partial charge in [-0.15, -0.1) is 0 Å². The van der Waals surface area contributed by atoms with Gasteiger partial charge in [0.15, 0.2) is 0 Å². The molecule has 2 rings (SSSR count). The molecule has 0 spiro atoms. The summed E-state index contributed by atoms with van der Waals surface area (Å²) in [6, 6.07) is 10.5. The molecular weight excluding hydrogens is 188 g/mol. The minimum atomic E-state index is 0.0795. The van der Waals surface area contributed by atoms with Crippen molar-refractivity contribution in [1.82, 2.24) is 0 Å². The van der Waals surface area contributed by atoms with E-state index in [1.54, 1.807) is 0 Å². The second-order valence-corrected chi connectivity index (χ2v) is 4.72. The van der Waals surface area contributed by atoms with Crippen LogP contribution in [-0.4, -0.2) is 25.9 Å². The predicted molar refractivity (Wildman–Crippen MR) is 60.0 cm³/mol. The summed E-state index contributed by atoms with van der Waals surface area (Å²) in [7, 11) is 0. The van der Waals surface area contributed by atoms with Crippen LogP contribution in [0.5, 0.6) is 0 Å². The number of hydrogen-bond acceptors (Lipinski definition) is 2. The third-order valence-electron chi connectivity index (χ3n) is 2.72. The Kier molecular flexibility index (Phi) is 3.08. The van der Waals surface area contributed by atoms with Crippen LogP contribution in [0, 0.1) is 0 Å². The fraction of sp³-hybridized carbons (Fsp3) is 0.538. The van der Waals surface area contributed by atoms with E-state index in [9.17, 15) is 0 Å². The van der Waals surface area contributed by atoms with Crippen molar-refractivity contribution in [3.05, 3.63) is 35.9 Å². The van der Waals surface area contributed by atoms with Crippen LogP contribution >= 0.6 is 0 Å². The van der Waals surface area contributed by atoms with Gasteiger partial charge in [-0.3, -0.25) is 0 Å². The molecule has 0 saturated carbocycles. The van der Waals surface area contributed by atoms with Gasteiger partial charge in [-0.1, -0.05) is 44.2 Å². The Morgan fingerprint density at radius 3 is 2.60 bits per heavy atom. The maximum Gasteiger partial charge on any atom is 0.104 e. The Balaban J connectivity index is 1.87. The molecule has 1 atom stereocenters. The minimum absolute atomic E-state index is 0.0795. The molecule has 1 saturated heterocycles. The fourth-order valence-electron chi connectivity index (χ4n) is 1.58. The van der Waals surface area contributed by atoms with E-state index in [1.807, 2.05) is 6.07 Å². The summed E-state index contributed by atoms with van der Waals surface area (Å²) in [4.78, 5) is 0. The number of ether oxygens (including phenoxy) is 2. The van der Waals surface area contributed by atoms with Crippen molar-refractivity contribution in [2.24, 2.45) is 0 Å². The highest BCUT2D eigenvalue weighted by Crippen LogP contribution is 2.23. The van der Waals surface area contributed by atoms with Crippen molar-refractivity contribution in [3.8, 4) is 0 Å². The second-order valence-electron chi connectivity index (χ2n) is 4.72. The number of epoxide rings is 1. The number of rotatable bonds is 5. The van der Waals surface area contributed by atoms with Gasteiger partial charge >= 0.3 is 0 Å². The maximum atomic E-state index is 5.65. The van der Waals surface area contributed by atoms with E-state index in [2.05, 4.69) is 38.1 Å². The summed E-state index contributed by atoms with van der Waals surface area (Å²) in [5.41, 5.74) is 1.40. The van der Waals surface area contributed by atoms with Crippen molar-refractivity contribution >= 4 is 0 Å². The van der Waals surface area contributed by atoms with Gasteiger partial charge < -0.3 is 9.47 Å². The van der Waals surface area contributed by atoms with Gasteiger partial charge in [-0.25, -0.2) is 0 Å². The fourth-order valence-corrected chi connectivity index (χ4v) is 1.58. The highest BCUT2D eigenvalue weighted by Gasteiger charge is 2.25. The average molecular weight is 206 g/mol. The van der Waals surface area contributed by atoms with Crippen LogP contribution in [0.4, 0.5) is 0 Å². The molecule has 0 radical (unpaired) electrons. The summed E-state index contributed by atoms with van der Waals surface area (Å²) in [6.07, 6.45) is 0.358. The zero-order valence-corrected chi connectivity index (χ0v) is 9.40. The average Bonchev–Trinajstić information content (AvgIpc) is 3.03. The first-order chi connectivity index (χ1) is 7.18. The molecule has 2 heteroatoms. The van der Waals surface area contributed by atoms with Crippen LogP contribution in [0.3, 0.4) is 0 Å². The molecule has 1 fully saturated rings. The van der Waals surface area contributed by atoms with Crippen molar-refractivity contribution in [2.75, 3.05) is 19.8 Å². The smallest absolute Gasteiger partial charge is 0.104 e. The Bertz CT molecular complexity index is 302. The molecule has 2 nitrogen and oxygen atoms in total. The zero-order valence-electron chi connectivity index (χ0n) is 9.40. The first-order valence-corrected chi connectivity index (χ1v) is 5.43. The quantitative estimate of drug-likeness (QED) is 0.690. The van der Waals surface area contributed by atoms with E-state index in [4.69, 9.17) is 9.47 Å². The lowest BCUT2D eigenvalue weighted by Gasteiger charge is -2.24. The monoisotopic (exact) mass is 206 g/mol. The Morgan fingerprint density at radius 1 is 1.33 bits per heavy atom. The van der Waals surface area contributed by atoms with Gasteiger partial charge in [0.25, 0.3) is 0 Å². The van der Waals surface area contributed by atoms with Gasteiger partial charge in [-0.2, -0.15) is 0 Å². The molecule has 1 aromatic carbocycles. The molecule has 0 aliphatic carbocycles. The first-order valence-electron chi connectivity index (χ1n) is 5.43. The minimum Gasteiger partial charge on any atom is -0.378 e. The van der Waals surface area contributed by atoms with E-state index in [1.165, 1.54) is 5.56 Å². The maximum absolute atomic E-state index is 5.65. The van der Waals surface area contributed by atoms with Crippen molar-refractivity contribution in [3.63, 3.8) is 0 Å². The highest BCUT2D eigenvalue weighted by atomic mass is 16.6. The van der Waals surface area contributed by atoms with E-state index >= 15 is 0 Å². The SMILES string of the molecule is CC(C)(COCC1CO1)c1ccccc1. The van der Waals surface area contributed by atoms with Crippen LogP contribution in [0.25, 0.3) is 0 Å². The molecule has 1 aliphatic heterocycles. The molecule has 15 heavy (non-hydrogen) atoms. The third-order valence-corrected chi connectivity index (χ3v) is 2.72. The Morgan fingerprint density at radius 2 is 2.00 bits per heavy atom. The topological polar surface area (TPSA) is 21.8 Å². The molecule has 1 aromatic rings. The summed E-state index contributed by atoms with van der Waals surface area (Å²) in [5, 5.41) is 0. The summed E-state index contributed by atoms with van der Waals surface area (Å²) in [5.74, 6) is 0. The van der Waals surface area contributed by atoms with Gasteiger partial charge in [0, 0.05) is 5.41 Å². The molecule has 0 bridgehead atoms. The molecule has 82 valence electrons. The lowest BCUT2D eigenvalue weighted by atomic mass is 9.86. The molecule has 1 unspecified atom stereocenters. The number of benzene rings is 1. The van der Waals surface area contributed by atoms with Crippen LogP contribution in [0.1, 0.15) is 19.4 Å². The molecule has 1 heterocycles. The van der Waals surface area contributed by atoms with Gasteiger partial charge in [0.05, 0.1) is 19.8 Å². The molecule has 1 aliphatic rings. The van der Waals surface area contributed by atoms with Crippen LogP contribution < -0.4 is 0 Å². The Labute approximate surface area is 91.2 Å². The predicted octanol–water partition coefficient (Wildman–Crippen LogP) is 2.38. The van der Waals surface area contributed by atoms with E-state index in [0.29, 0.717) is 6.10 Å². The molecular formula is C13H18O2. The van der Waals surface area contributed by atoms with Crippen molar-refractivity contribution < 1.29 is 9.47 Å². The molecule has 0 amide bonds. The Hall–Kier alpha value is -0.860. The standard InChI is InChI=1S/C13H18O2/c1-13(2,10-14-8-12-9-15-12)11-6-4-3-5-7-11/h3-7,12H,8-10H2,1-2H3. The summed E-state index contributed by atoms with van der Waals surface area (Å²) in [6.45, 7) is 6.76. The van der Waals surface area contributed by atoms with Gasteiger partial charge in [0.2, 0.25) is 0 Å². The van der Waals surface area contributed by atoms with Crippen LogP contribution in [0.15, 0.2) is 30.3 Å². The third kappa shape index (κ3) is 3.05. The highest BCUT2D eigenvalue weighted by molar-refractivity contribution is 5.23.